The maximum absolute atomic E-state index is 10.1. The van der Waals surface area contributed by atoms with E-state index >= 15 is 0 Å². The summed E-state index contributed by atoms with van der Waals surface area (Å²) in [6.07, 6.45) is 3.20. The summed E-state index contributed by atoms with van der Waals surface area (Å²) >= 11 is 0. The van der Waals surface area contributed by atoms with Crippen molar-refractivity contribution >= 4 is 0 Å². The van der Waals surface area contributed by atoms with E-state index in [1.165, 1.54) is 24.8 Å². The van der Waals surface area contributed by atoms with E-state index in [1.54, 1.807) is 0 Å². The molecule has 2 rings (SSSR count). The predicted molar refractivity (Wildman–Crippen MR) is 86.8 cm³/mol. The number of aliphatic hydroxyl groups excluding tert-OH is 1. The van der Waals surface area contributed by atoms with Crippen LogP contribution in [-0.4, -0.2) is 30.4 Å². The van der Waals surface area contributed by atoms with Gasteiger partial charge < -0.3 is 15.2 Å². The van der Waals surface area contributed by atoms with Gasteiger partial charge in [-0.1, -0.05) is 31.5 Å². The monoisotopic (exact) mass is 291 g/mol. The van der Waals surface area contributed by atoms with Crippen LogP contribution in [0.25, 0.3) is 0 Å². The molecule has 0 saturated heterocycles. The molecule has 1 aliphatic carbocycles. The predicted octanol–water partition coefficient (Wildman–Crippen LogP) is 3.21. The standard InChI is InChI=1S/C18H29NO2/c1-13-5-6-17(14(2)9-13)21-12-16(20)11-19-15-7-8-18(3,4)10-15/h5-6,9,15-16,19-20H,7-8,10-12H2,1-4H3. The van der Waals surface area contributed by atoms with Crippen LogP contribution in [0.3, 0.4) is 0 Å². The molecular formula is C18H29NO2. The lowest BCUT2D eigenvalue weighted by atomic mass is 9.92. The Kier molecular flexibility index (Phi) is 5.28. The molecule has 1 aliphatic rings. The minimum absolute atomic E-state index is 0.340. The Morgan fingerprint density at radius 3 is 2.76 bits per heavy atom. The van der Waals surface area contributed by atoms with E-state index < -0.39 is 6.10 Å². The van der Waals surface area contributed by atoms with Gasteiger partial charge in [0, 0.05) is 12.6 Å². The van der Waals surface area contributed by atoms with Crippen LogP contribution in [0.5, 0.6) is 5.75 Å². The lowest BCUT2D eigenvalue weighted by molar-refractivity contribution is 0.103. The molecule has 0 bridgehead atoms. The average Bonchev–Trinajstić information content (AvgIpc) is 2.75. The Bertz CT molecular complexity index is 470. The van der Waals surface area contributed by atoms with Crippen LogP contribution in [0.15, 0.2) is 18.2 Å². The lowest BCUT2D eigenvalue weighted by Crippen LogP contribution is -2.37. The van der Waals surface area contributed by atoms with Crippen LogP contribution in [0, 0.1) is 19.3 Å². The quantitative estimate of drug-likeness (QED) is 0.845. The molecule has 0 aromatic heterocycles. The minimum Gasteiger partial charge on any atom is -0.491 e. The van der Waals surface area contributed by atoms with Crippen molar-refractivity contribution in [1.29, 1.82) is 0 Å². The first-order valence-corrected chi connectivity index (χ1v) is 7.97. The van der Waals surface area contributed by atoms with Crippen molar-refractivity contribution in [2.75, 3.05) is 13.2 Å². The highest BCUT2D eigenvalue weighted by molar-refractivity contribution is 5.35. The molecule has 1 aromatic carbocycles. The zero-order valence-corrected chi connectivity index (χ0v) is 13.8. The number of aryl methyl sites for hydroxylation is 2. The van der Waals surface area contributed by atoms with Crippen molar-refractivity contribution in [2.45, 2.75) is 59.1 Å². The van der Waals surface area contributed by atoms with E-state index in [1.807, 2.05) is 19.1 Å². The first kappa shape index (κ1) is 16.3. The highest BCUT2D eigenvalue weighted by Crippen LogP contribution is 2.36. The van der Waals surface area contributed by atoms with Gasteiger partial charge >= 0.3 is 0 Å². The number of rotatable bonds is 6. The number of aliphatic hydroxyl groups is 1. The van der Waals surface area contributed by atoms with Crippen molar-refractivity contribution in [1.82, 2.24) is 5.32 Å². The van der Waals surface area contributed by atoms with Crippen LogP contribution in [0.1, 0.15) is 44.2 Å². The Labute approximate surface area is 128 Å². The third kappa shape index (κ3) is 5.01. The third-order valence-corrected chi connectivity index (χ3v) is 4.37. The minimum atomic E-state index is -0.464. The van der Waals surface area contributed by atoms with Crippen molar-refractivity contribution in [3.8, 4) is 5.75 Å². The largest absolute Gasteiger partial charge is 0.491 e. The summed E-state index contributed by atoms with van der Waals surface area (Å²) in [7, 11) is 0. The van der Waals surface area contributed by atoms with Gasteiger partial charge in [0.15, 0.2) is 0 Å². The molecule has 1 fully saturated rings. The van der Waals surface area contributed by atoms with Gasteiger partial charge in [-0.15, -0.1) is 0 Å². The third-order valence-electron chi connectivity index (χ3n) is 4.37. The highest BCUT2D eigenvalue weighted by Gasteiger charge is 2.30. The summed E-state index contributed by atoms with van der Waals surface area (Å²) in [5, 5.41) is 13.5. The molecular weight excluding hydrogens is 262 g/mol. The van der Waals surface area contributed by atoms with Gasteiger partial charge in [-0.25, -0.2) is 0 Å². The van der Waals surface area contributed by atoms with Gasteiger partial charge in [-0.3, -0.25) is 0 Å². The van der Waals surface area contributed by atoms with Crippen LogP contribution >= 0.6 is 0 Å². The molecule has 2 atom stereocenters. The SMILES string of the molecule is Cc1ccc(OCC(O)CNC2CCC(C)(C)C2)c(C)c1. The molecule has 0 heterocycles. The van der Waals surface area contributed by atoms with E-state index in [0.717, 1.165) is 11.3 Å². The van der Waals surface area contributed by atoms with Gasteiger partial charge in [-0.05, 0) is 50.2 Å². The normalized spacial score (nSPS) is 22.2. The van der Waals surface area contributed by atoms with E-state index in [-0.39, 0.29) is 0 Å². The molecule has 0 spiro atoms. The van der Waals surface area contributed by atoms with Crippen molar-refractivity contribution in [3.63, 3.8) is 0 Å². The molecule has 1 saturated carbocycles. The molecule has 0 amide bonds. The second-order valence-corrected chi connectivity index (χ2v) is 7.25. The van der Waals surface area contributed by atoms with E-state index in [2.05, 4.69) is 32.2 Å². The van der Waals surface area contributed by atoms with Crippen molar-refractivity contribution in [2.24, 2.45) is 5.41 Å². The molecule has 0 radical (unpaired) electrons. The van der Waals surface area contributed by atoms with Crippen molar-refractivity contribution < 1.29 is 9.84 Å². The topological polar surface area (TPSA) is 41.5 Å². The fraction of sp³-hybridized carbons (Fsp3) is 0.667. The fourth-order valence-corrected chi connectivity index (χ4v) is 3.12. The second-order valence-electron chi connectivity index (χ2n) is 7.25. The van der Waals surface area contributed by atoms with Crippen LogP contribution in [-0.2, 0) is 0 Å². The maximum atomic E-state index is 10.1. The highest BCUT2D eigenvalue weighted by atomic mass is 16.5. The number of hydrogen-bond donors (Lipinski definition) is 2. The zero-order chi connectivity index (χ0) is 15.5. The number of ether oxygens (including phenoxy) is 1. The van der Waals surface area contributed by atoms with Gasteiger partial charge in [0.05, 0.1) is 0 Å². The fourth-order valence-electron chi connectivity index (χ4n) is 3.12. The number of hydrogen-bond acceptors (Lipinski definition) is 3. The van der Waals surface area contributed by atoms with Gasteiger partial charge in [0.2, 0.25) is 0 Å². The van der Waals surface area contributed by atoms with Crippen LogP contribution in [0.2, 0.25) is 0 Å². The molecule has 3 nitrogen and oxygen atoms in total. The molecule has 2 unspecified atom stereocenters. The van der Waals surface area contributed by atoms with E-state index in [4.69, 9.17) is 4.74 Å². The summed E-state index contributed by atoms with van der Waals surface area (Å²) in [6, 6.07) is 6.65. The number of benzene rings is 1. The summed E-state index contributed by atoms with van der Waals surface area (Å²) in [5.74, 6) is 0.863. The summed E-state index contributed by atoms with van der Waals surface area (Å²) < 4.78 is 5.72. The maximum Gasteiger partial charge on any atom is 0.122 e. The Morgan fingerprint density at radius 2 is 2.14 bits per heavy atom. The molecule has 118 valence electrons. The van der Waals surface area contributed by atoms with E-state index in [0.29, 0.717) is 24.6 Å². The Morgan fingerprint density at radius 1 is 1.38 bits per heavy atom. The molecule has 0 aliphatic heterocycles. The zero-order valence-electron chi connectivity index (χ0n) is 13.8. The van der Waals surface area contributed by atoms with E-state index in [9.17, 15) is 5.11 Å². The second kappa shape index (κ2) is 6.80. The van der Waals surface area contributed by atoms with Crippen LogP contribution < -0.4 is 10.1 Å². The van der Waals surface area contributed by atoms with Gasteiger partial charge in [-0.2, -0.15) is 0 Å². The number of nitrogens with one attached hydrogen (secondary N) is 1. The average molecular weight is 291 g/mol. The van der Waals surface area contributed by atoms with Gasteiger partial charge in [0.25, 0.3) is 0 Å². The molecule has 3 heteroatoms. The summed E-state index contributed by atoms with van der Waals surface area (Å²) in [5.41, 5.74) is 2.79. The summed E-state index contributed by atoms with van der Waals surface area (Å²) in [6.45, 7) is 9.67. The van der Waals surface area contributed by atoms with Crippen molar-refractivity contribution in [3.05, 3.63) is 29.3 Å². The smallest absolute Gasteiger partial charge is 0.122 e. The van der Waals surface area contributed by atoms with Crippen LogP contribution in [0.4, 0.5) is 0 Å². The lowest BCUT2D eigenvalue weighted by Gasteiger charge is -2.20. The molecule has 21 heavy (non-hydrogen) atoms. The van der Waals surface area contributed by atoms with Gasteiger partial charge in [0.1, 0.15) is 18.5 Å². The summed E-state index contributed by atoms with van der Waals surface area (Å²) in [4.78, 5) is 0. The first-order valence-electron chi connectivity index (χ1n) is 7.97. The Hall–Kier alpha value is -1.06. The molecule has 2 N–H and O–H groups in total. The first-order chi connectivity index (χ1) is 9.85. The molecule has 1 aromatic rings. The Balaban J connectivity index is 1.71.